The van der Waals surface area contributed by atoms with E-state index in [0.717, 1.165) is 18.7 Å². The summed E-state index contributed by atoms with van der Waals surface area (Å²) in [5, 5.41) is 4.28. The van der Waals surface area contributed by atoms with E-state index in [1.807, 2.05) is 0 Å². The normalized spacial score (nSPS) is 20.8. The Labute approximate surface area is 182 Å². The van der Waals surface area contributed by atoms with E-state index >= 15 is 4.39 Å². The van der Waals surface area contributed by atoms with E-state index in [1.165, 1.54) is 41.1 Å². The summed E-state index contributed by atoms with van der Waals surface area (Å²) in [4.78, 5) is 27.2. The van der Waals surface area contributed by atoms with Gasteiger partial charge in [-0.1, -0.05) is 24.3 Å². The summed E-state index contributed by atoms with van der Waals surface area (Å²) in [6.07, 6.45) is 2.54. The second kappa shape index (κ2) is 7.62. The first kappa shape index (κ1) is 20.5. The molecule has 0 aliphatic carbocycles. The van der Waals surface area contributed by atoms with Crippen molar-refractivity contribution in [1.82, 2.24) is 14.7 Å². The Morgan fingerprint density at radius 3 is 2.56 bits per heavy atom. The van der Waals surface area contributed by atoms with Crippen molar-refractivity contribution in [3.8, 4) is 0 Å². The molecule has 1 fully saturated rings. The van der Waals surface area contributed by atoms with Crippen LogP contribution in [0.25, 0.3) is 0 Å². The van der Waals surface area contributed by atoms with Crippen LogP contribution in [0.2, 0.25) is 0 Å². The van der Waals surface area contributed by atoms with Gasteiger partial charge in [0.25, 0.3) is 5.91 Å². The van der Waals surface area contributed by atoms with Gasteiger partial charge in [-0.05, 0) is 43.5 Å². The molecule has 3 heterocycles. The highest BCUT2D eigenvalue weighted by Crippen LogP contribution is 2.45. The van der Waals surface area contributed by atoms with Gasteiger partial charge in [0, 0.05) is 23.6 Å². The minimum Gasteiger partial charge on any atom is -0.332 e. The molecule has 5 nitrogen and oxygen atoms in total. The van der Waals surface area contributed by atoms with Crippen molar-refractivity contribution in [3.05, 3.63) is 98.7 Å². The van der Waals surface area contributed by atoms with Crippen molar-refractivity contribution in [1.29, 1.82) is 0 Å². The van der Waals surface area contributed by atoms with E-state index in [-0.39, 0.29) is 34.2 Å². The number of nitrogens with zero attached hydrogens (tertiary/aromatic N) is 3. The number of carbonyl (C=O) groups excluding carboxylic acids is 1. The molecule has 2 aromatic carbocycles. The molecule has 0 bridgehead atoms. The van der Waals surface area contributed by atoms with Crippen LogP contribution >= 0.6 is 0 Å². The number of benzene rings is 2. The Kier molecular flexibility index (Phi) is 4.87. The Bertz CT molecular complexity index is 1270. The summed E-state index contributed by atoms with van der Waals surface area (Å²) in [7, 11) is 0. The molecule has 0 radical (unpaired) electrons. The summed E-state index contributed by atoms with van der Waals surface area (Å²) < 4.78 is 44.6. The molecule has 0 N–H and O–H groups in total. The quantitative estimate of drug-likeness (QED) is 0.621. The van der Waals surface area contributed by atoms with Crippen LogP contribution < -0.4 is 5.43 Å². The summed E-state index contributed by atoms with van der Waals surface area (Å²) in [5.74, 6) is -3.50. The van der Waals surface area contributed by atoms with Gasteiger partial charge in [0.15, 0.2) is 11.6 Å². The zero-order valence-electron chi connectivity index (χ0n) is 17.3. The average molecular weight is 439 g/mol. The van der Waals surface area contributed by atoms with Gasteiger partial charge in [-0.15, -0.1) is 0 Å². The van der Waals surface area contributed by atoms with Gasteiger partial charge in [-0.3, -0.25) is 14.3 Å². The van der Waals surface area contributed by atoms with Crippen LogP contribution in [0.4, 0.5) is 13.2 Å². The van der Waals surface area contributed by atoms with E-state index in [0.29, 0.717) is 18.5 Å². The second-order valence-corrected chi connectivity index (χ2v) is 8.30. The fraction of sp³-hybridized carbons (Fsp3) is 0.292. The van der Waals surface area contributed by atoms with E-state index in [4.69, 9.17) is 0 Å². The van der Waals surface area contributed by atoms with E-state index < -0.39 is 29.4 Å². The van der Waals surface area contributed by atoms with Gasteiger partial charge >= 0.3 is 0 Å². The molecule has 0 saturated carbocycles. The molecule has 2 aliphatic rings. The Hall–Kier alpha value is -3.42. The third kappa shape index (κ3) is 3.04. The maximum absolute atomic E-state index is 15.1. The first-order chi connectivity index (χ1) is 15.4. The Balaban J connectivity index is 1.81. The molecular weight excluding hydrogens is 419 g/mol. The van der Waals surface area contributed by atoms with E-state index in [2.05, 4.69) is 5.10 Å². The molecule has 1 saturated heterocycles. The van der Waals surface area contributed by atoms with Crippen molar-refractivity contribution in [2.75, 3.05) is 6.54 Å². The smallest absolute Gasteiger partial charge is 0.272 e. The monoisotopic (exact) mass is 439 g/mol. The molecule has 5 rings (SSSR count). The van der Waals surface area contributed by atoms with Crippen LogP contribution in [-0.4, -0.2) is 33.2 Å². The average Bonchev–Trinajstić information content (AvgIpc) is 3.27. The number of carbonyl (C=O) groups is 1. The lowest BCUT2D eigenvalue weighted by molar-refractivity contribution is 0.0569. The largest absolute Gasteiger partial charge is 0.332 e. The zero-order valence-corrected chi connectivity index (χ0v) is 17.3. The highest BCUT2D eigenvalue weighted by Gasteiger charge is 2.48. The molecule has 0 spiro atoms. The van der Waals surface area contributed by atoms with Crippen LogP contribution in [-0.2, 0) is 0 Å². The minimum atomic E-state index is -0.998. The minimum absolute atomic E-state index is 0.0897. The fourth-order valence-electron chi connectivity index (χ4n) is 5.10. The van der Waals surface area contributed by atoms with Crippen molar-refractivity contribution in [2.45, 2.75) is 37.8 Å². The topological polar surface area (TPSA) is 55.2 Å². The molecule has 2 aliphatic heterocycles. The first-order valence-corrected chi connectivity index (χ1v) is 10.5. The third-order valence-corrected chi connectivity index (χ3v) is 6.58. The third-order valence-electron chi connectivity index (χ3n) is 6.58. The number of halogens is 3. The molecule has 3 atom stereocenters. The number of aromatic nitrogens is 2. The molecule has 3 aromatic rings. The lowest BCUT2D eigenvalue weighted by atomic mass is 9.79. The van der Waals surface area contributed by atoms with Crippen LogP contribution in [0.3, 0.4) is 0 Å². The summed E-state index contributed by atoms with van der Waals surface area (Å²) in [6, 6.07) is 8.64. The summed E-state index contributed by atoms with van der Waals surface area (Å²) in [6.45, 7) is 2.07. The number of rotatable bonds is 3. The number of fused-ring (bicyclic) bond motifs is 2. The van der Waals surface area contributed by atoms with Gasteiger partial charge in [0.1, 0.15) is 11.5 Å². The number of hydrogen-bond acceptors (Lipinski definition) is 3. The van der Waals surface area contributed by atoms with Crippen molar-refractivity contribution < 1.29 is 18.0 Å². The van der Waals surface area contributed by atoms with Crippen molar-refractivity contribution in [3.63, 3.8) is 0 Å². The molecule has 0 unspecified atom stereocenters. The SMILES string of the molecule is Cc1c2n(ncc1=O)[C@@H]([C@H](c1ccc(F)cc1)c1cccc(F)c1F)[C@H]1CCCN1C2=O. The van der Waals surface area contributed by atoms with E-state index in [1.54, 1.807) is 11.8 Å². The van der Waals surface area contributed by atoms with E-state index in [9.17, 15) is 18.4 Å². The molecule has 1 aromatic heterocycles. The maximum Gasteiger partial charge on any atom is 0.272 e. The highest BCUT2D eigenvalue weighted by atomic mass is 19.2. The van der Waals surface area contributed by atoms with Gasteiger partial charge in [-0.25, -0.2) is 13.2 Å². The lowest BCUT2D eigenvalue weighted by Gasteiger charge is -2.43. The molecule has 8 heteroatoms. The summed E-state index contributed by atoms with van der Waals surface area (Å²) >= 11 is 0. The van der Waals surface area contributed by atoms with Crippen LogP contribution in [0.5, 0.6) is 0 Å². The fourth-order valence-corrected chi connectivity index (χ4v) is 5.10. The van der Waals surface area contributed by atoms with Crippen LogP contribution in [0, 0.1) is 24.4 Å². The number of hydrogen-bond donors (Lipinski definition) is 0. The zero-order chi connectivity index (χ0) is 22.6. The van der Waals surface area contributed by atoms with Crippen molar-refractivity contribution >= 4 is 5.91 Å². The second-order valence-electron chi connectivity index (χ2n) is 8.30. The van der Waals surface area contributed by atoms with Crippen LogP contribution in [0.15, 0.2) is 53.5 Å². The summed E-state index contributed by atoms with van der Waals surface area (Å²) in [5.41, 5.74) is 0.705. The van der Waals surface area contributed by atoms with Gasteiger partial charge in [-0.2, -0.15) is 5.10 Å². The Morgan fingerprint density at radius 2 is 1.81 bits per heavy atom. The van der Waals surface area contributed by atoms with Crippen molar-refractivity contribution in [2.24, 2.45) is 0 Å². The molecule has 164 valence electrons. The maximum atomic E-state index is 15.1. The molecular formula is C24H20F3N3O2. The van der Waals surface area contributed by atoms with Gasteiger partial charge in [0.05, 0.1) is 18.3 Å². The number of amides is 1. The molecule has 32 heavy (non-hydrogen) atoms. The standard InChI is InChI=1S/C24H20F3N3O2/c1-13-19(31)12-28-30-22(13)24(32)29-11-3-6-18(29)23(30)20(14-7-9-15(25)10-8-14)16-4-2-5-17(26)21(16)27/h2,4-5,7-10,12,18,20,23H,3,6,11H2,1H3/t18-,20-,23-/m1/s1. The van der Waals surface area contributed by atoms with Gasteiger partial charge < -0.3 is 4.90 Å². The van der Waals surface area contributed by atoms with Gasteiger partial charge in [0.2, 0.25) is 5.43 Å². The molecule has 1 amide bonds. The predicted octanol–water partition coefficient (Wildman–Crippen LogP) is 3.96. The first-order valence-electron chi connectivity index (χ1n) is 10.5. The Morgan fingerprint density at radius 1 is 1.06 bits per heavy atom. The highest BCUT2D eigenvalue weighted by molar-refractivity contribution is 5.95. The van der Waals surface area contributed by atoms with Crippen LogP contribution in [0.1, 0.15) is 52.0 Å². The lowest BCUT2D eigenvalue weighted by Crippen LogP contribution is -2.51. The predicted molar refractivity (Wildman–Crippen MR) is 111 cm³/mol.